The van der Waals surface area contributed by atoms with Crippen LogP contribution < -0.4 is 24.8 Å². The fourth-order valence-corrected chi connectivity index (χ4v) is 21.1. The maximum atomic E-state index is 2.54. The molecule has 0 aliphatic heterocycles. The first-order valence-corrected chi connectivity index (χ1v) is 14.7. The Morgan fingerprint density at radius 1 is 0.889 bits per heavy atom. The Morgan fingerprint density at radius 2 is 1.28 bits per heavy atom. The van der Waals surface area contributed by atoms with Crippen molar-refractivity contribution in [3.05, 3.63) is 42.0 Å². The molecular weight excluding hydrogens is 358 g/mol. The number of halogens is 2. The molecule has 0 fully saturated rings. The van der Waals surface area contributed by atoms with E-state index in [4.69, 9.17) is 0 Å². The van der Waals surface area contributed by atoms with E-state index in [2.05, 4.69) is 51.2 Å². The zero-order valence-corrected chi connectivity index (χ0v) is 16.4. The predicted octanol–water partition coefficient (Wildman–Crippen LogP) is -1.67. The second-order valence-electron chi connectivity index (χ2n) is 4.91. The molecule has 0 aromatic carbocycles. The van der Waals surface area contributed by atoms with E-state index in [9.17, 15) is 0 Å². The summed E-state index contributed by atoms with van der Waals surface area (Å²) in [6.45, 7) is 9.72. The van der Waals surface area contributed by atoms with Gasteiger partial charge >= 0.3 is 108 Å². The van der Waals surface area contributed by atoms with Crippen molar-refractivity contribution >= 4 is 5.43 Å². The Morgan fingerprint density at radius 3 is 1.50 bits per heavy atom. The second-order valence-corrected chi connectivity index (χ2v) is 22.1. The molecule has 0 saturated carbocycles. The Kier molecular flexibility index (Phi) is 8.33. The van der Waals surface area contributed by atoms with Crippen LogP contribution in [0.15, 0.2) is 42.0 Å². The van der Waals surface area contributed by atoms with Gasteiger partial charge in [0.2, 0.25) is 0 Å². The maximum absolute atomic E-state index is 2.54. The van der Waals surface area contributed by atoms with Gasteiger partial charge in [-0.25, -0.2) is 0 Å². The molecule has 4 heteroatoms. The molecule has 0 amide bonds. The first kappa shape index (κ1) is 18.6. The molecule has 0 saturated heterocycles. The maximum Gasteiger partial charge on any atom is -1.00 e. The Bertz CT molecular complexity index is 440. The van der Waals surface area contributed by atoms with Crippen LogP contribution in [0.25, 0.3) is 0 Å². The van der Waals surface area contributed by atoms with Crippen molar-refractivity contribution in [2.75, 3.05) is 0 Å². The molecule has 0 aromatic rings. The monoisotopic (exact) mass is 376 g/mol. The molecule has 0 N–H and O–H groups in total. The standard InChI is InChI=1S/2C6H7.C2H6Si.2ClH.Zr/c2*1-6-4-2-3-5-6;1-3-2;;;/h2*2,4H,3H2,1H3;1-2H3;2*1H;/q;;;;;+2/p-2. The van der Waals surface area contributed by atoms with Crippen LogP contribution in [0.1, 0.15) is 26.7 Å². The van der Waals surface area contributed by atoms with Crippen LogP contribution in [0, 0.1) is 0 Å². The van der Waals surface area contributed by atoms with Gasteiger partial charge in [-0.05, 0) is 0 Å². The summed E-state index contributed by atoms with van der Waals surface area (Å²) in [5.41, 5.74) is 3.11. The van der Waals surface area contributed by atoms with Crippen molar-refractivity contribution in [2.24, 2.45) is 0 Å². The molecule has 0 radical (unpaired) electrons. The van der Waals surface area contributed by atoms with Crippen molar-refractivity contribution in [3.63, 3.8) is 0 Å². The molecule has 0 spiro atoms. The fraction of sp³-hybridized carbons (Fsp3) is 0.429. The third-order valence-corrected chi connectivity index (χ3v) is 21.3. The van der Waals surface area contributed by atoms with Crippen molar-refractivity contribution in [1.82, 2.24) is 0 Å². The van der Waals surface area contributed by atoms with Gasteiger partial charge in [-0.2, -0.15) is 0 Å². The third-order valence-electron chi connectivity index (χ3n) is 3.44. The summed E-state index contributed by atoms with van der Waals surface area (Å²) >= 11 is -1.44. The summed E-state index contributed by atoms with van der Waals surface area (Å²) in [6, 6.07) is 0. The number of rotatable bonds is 2. The minimum absolute atomic E-state index is 0. The molecule has 18 heavy (non-hydrogen) atoms. The summed E-state index contributed by atoms with van der Waals surface area (Å²) in [6.07, 6.45) is 12.0. The van der Waals surface area contributed by atoms with Crippen molar-refractivity contribution < 1.29 is 45.2 Å². The number of hydrogen-bond acceptors (Lipinski definition) is 0. The van der Waals surface area contributed by atoms with Gasteiger partial charge in [-0.15, -0.1) is 0 Å². The summed E-state index contributed by atoms with van der Waals surface area (Å²) < 4.78 is 3.78. The first-order valence-electron chi connectivity index (χ1n) is 6.02. The molecule has 0 atom stereocenters. The minimum atomic E-state index is -1.44. The van der Waals surface area contributed by atoms with Gasteiger partial charge in [0, 0.05) is 0 Å². The van der Waals surface area contributed by atoms with Crippen LogP contribution in [0.4, 0.5) is 0 Å². The molecule has 2 aliphatic carbocycles. The van der Waals surface area contributed by atoms with Gasteiger partial charge in [-0.1, -0.05) is 0 Å². The first-order chi connectivity index (χ1) is 7.61. The van der Waals surface area contributed by atoms with E-state index in [0.29, 0.717) is 0 Å². The van der Waals surface area contributed by atoms with E-state index in [1.165, 1.54) is 12.8 Å². The largest absolute Gasteiger partial charge is 1.00 e. The third kappa shape index (κ3) is 3.82. The SMILES string of the molecule is CC1=[C]([Zr+2]([C]2=C(C)C=CC2)=[Si](C)C)CC=C1.[Cl-].[Cl-]. The van der Waals surface area contributed by atoms with Crippen molar-refractivity contribution in [2.45, 2.75) is 39.8 Å². The molecular formula is C14H20Cl2SiZr. The van der Waals surface area contributed by atoms with Gasteiger partial charge in [0.25, 0.3) is 0 Å². The van der Waals surface area contributed by atoms with Crippen molar-refractivity contribution in [3.8, 4) is 0 Å². The summed E-state index contributed by atoms with van der Waals surface area (Å²) in [5.74, 6) is 0. The topological polar surface area (TPSA) is 0 Å². The molecule has 0 nitrogen and oxygen atoms in total. The molecule has 2 rings (SSSR count). The van der Waals surface area contributed by atoms with E-state index in [-0.39, 0.29) is 30.2 Å². The van der Waals surface area contributed by atoms with E-state index in [0.717, 1.165) is 0 Å². The smallest absolute Gasteiger partial charge is 1.00 e. The number of allylic oxidation sites excluding steroid dienone is 8. The van der Waals surface area contributed by atoms with Gasteiger partial charge in [0.15, 0.2) is 0 Å². The van der Waals surface area contributed by atoms with Gasteiger partial charge < -0.3 is 24.8 Å². The summed E-state index contributed by atoms with van der Waals surface area (Å²) in [7, 11) is 0. The van der Waals surface area contributed by atoms with Gasteiger partial charge in [-0.3, -0.25) is 0 Å². The minimum Gasteiger partial charge on any atom is -1.00 e. The zero-order chi connectivity index (χ0) is 11.7. The Labute approximate surface area is 131 Å². The van der Waals surface area contributed by atoms with Crippen molar-refractivity contribution in [1.29, 1.82) is 0 Å². The van der Waals surface area contributed by atoms with Crippen LogP contribution in [0.2, 0.25) is 13.1 Å². The molecule has 98 valence electrons. The van der Waals surface area contributed by atoms with Gasteiger partial charge in [0.05, 0.1) is 0 Å². The Hall–Kier alpha value is 0.640. The average molecular weight is 379 g/mol. The van der Waals surface area contributed by atoms with E-state index in [1.807, 2.05) is 6.56 Å². The molecule has 0 bridgehead atoms. The predicted molar refractivity (Wildman–Crippen MR) is 70.4 cm³/mol. The molecule has 0 unspecified atom stereocenters. The van der Waals surface area contributed by atoms with Gasteiger partial charge in [0.1, 0.15) is 0 Å². The van der Waals surface area contributed by atoms with E-state index >= 15 is 0 Å². The Balaban J connectivity index is 0.00000144. The molecule has 2 aliphatic rings. The number of hydrogen-bond donors (Lipinski definition) is 0. The van der Waals surface area contributed by atoms with Crippen LogP contribution in [0.5, 0.6) is 0 Å². The molecule has 0 aromatic heterocycles. The normalized spacial score (nSPS) is 16.4. The van der Waals surface area contributed by atoms with Crippen LogP contribution in [-0.2, 0) is 20.4 Å². The zero-order valence-electron chi connectivity index (χ0n) is 11.5. The average Bonchev–Trinajstić information content (AvgIpc) is 2.79. The van der Waals surface area contributed by atoms with Crippen LogP contribution in [-0.4, -0.2) is 5.43 Å². The fourth-order valence-electron chi connectivity index (χ4n) is 2.61. The summed E-state index contributed by atoms with van der Waals surface area (Å²) in [5, 5.41) is 0. The van der Waals surface area contributed by atoms with Crippen LogP contribution in [0.3, 0.4) is 0 Å². The van der Waals surface area contributed by atoms with E-state index in [1.54, 1.807) is 11.1 Å². The quantitative estimate of drug-likeness (QED) is 0.504. The second kappa shape index (κ2) is 8.04. The van der Waals surface area contributed by atoms with E-state index < -0.39 is 20.4 Å². The molecule has 0 heterocycles. The summed E-state index contributed by atoms with van der Waals surface area (Å²) in [4.78, 5) is 0. The van der Waals surface area contributed by atoms with Crippen LogP contribution >= 0.6 is 0 Å².